The third kappa shape index (κ3) is 2.09. The molecule has 1 aromatic heterocycles. The van der Waals surface area contributed by atoms with Gasteiger partial charge in [0, 0.05) is 18.3 Å². The van der Waals surface area contributed by atoms with E-state index in [0.29, 0.717) is 10.7 Å². The van der Waals surface area contributed by atoms with E-state index in [-0.39, 0.29) is 0 Å². The number of nitrogens with two attached hydrogens (primary N) is 1. The van der Waals surface area contributed by atoms with Crippen LogP contribution in [0, 0.1) is 0 Å². The second-order valence-corrected chi connectivity index (χ2v) is 3.91. The molecule has 0 spiro atoms. The number of nitrogen functional groups attached to an aromatic ring is 1. The van der Waals surface area contributed by atoms with E-state index in [9.17, 15) is 0 Å². The number of aromatic nitrogens is 1. The standard InChI is InChI=1S/C12H12ClN3/c1-16(10-3-2-6-15-8-10)12-5-4-9(13)7-11(12)14/h2-8H,14H2,1H3. The first-order valence-electron chi connectivity index (χ1n) is 4.87. The fourth-order valence-corrected chi connectivity index (χ4v) is 1.70. The molecule has 4 heteroatoms. The van der Waals surface area contributed by atoms with Crippen molar-refractivity contribution in [3.05, 3.63) is 47.7 Å². The Hall–Kier alpha value is -1.74. The zero-order valence-electron chi connectivity index (χ0n) is 8.89. The second kappa shape index (κ2) is 4.41. The van der Waals surface area contributed by atoms with Gasteiger partial charge in [0.25, 0.3) is 0 Å². The van der Waals surface area contributed by atoms with Crippen LogP contribution < -0.4 is 10.6 Å². The Morgan fingerprint density at radius 3 is 2.75 bits per heavy atom. The van der Waals surface area contributed by atoms with Crippen LogP contribution in [0.15, 0.2) is 42.7 Å². The van der Waals surface area contributed by atoms with Gasteiger partial charge in [-0.15, -0.1) is 0 Å². The summed E-state index contributed by atoms with van der Waals surface area (Å²) in [4.78, 5) is 6.04. The quantitative estimate of drug-likeness (QED) is 0.811. The van der Waals surface area contributed by atoms with Crippen LogP contribution in [0.2, 0.25) is 5.02 Å². The highest BCUT2D eigenvalue weighted by molar-refractivity contribution is 6.31. The lowest BCUT2D eigenvalue weighted by atomic mass is 10.2. The minimum Gasteiger partial charge on any atom is -0.397 e. The first kappa shape index (κ1) is 10.8. The van der Waals surface area contributed by atoms with Crippen LogP contribution in [0.3, 0.4) is 0 Å². The number of hydrogen-bond donors (Lipinski definition) is 1. The van der Waals surface area contributed by atoms with Gasteiger partial charge in [0.2, 0.25) is 0 Å². The van der Waals surface area contributed by atoms with E-state index in [4.69, 9.17) is 17.3 Å². The van der Waals surface area contributed by atoms with Crippen molar-refractivity contribution in [3.63, 3.8) is 0 Å². The lowest BCUT2D eigenvalue weighted by Gasteiger charge is -2.20. The molecule has 1 heterocycles. The lowest BCUT2D eigenvalue weighted by molar-refractivity contribution is 1.18. The van der Waals surface area contributed by atoms with Crippen LogP contribution in [-0.4, -0.2) is 12.0 Å². The molecule has 0 aliphatic rings. The average Bonchev–Trinajstić information content (AvgIpc) is 2.29. The van der Waals surface area contributed by atoms with E-state index < -0.39 is 0 Å². The Labute approximate surface area is 99.5 Å². The lowest BCUT2D eigenvalue weighted by Crippen LogP contribution is -2.11. The number of benzene rings is 1. The Kier molecular flexibility index (Phi) is 2.97. The minimum atomic E-state index is 0.640. The second-order valence-electron chi connectivity index (χ2n) is 3.47. The highest BCUT2D eigenvalue weighted by Crippen LogP contribution is 2.30. The van der Waals surface area contributed by atoms with Gasteiger partial charge in [0.05, 0.1) is 23.3 Å². The van der Waals surface area contributed by atoms with Gasteiger partial charge >= 0.3 is 0 Å². The maximum Gasteiger partial charge on any atom is 0.0643 e. The van der Waals surface area contributed by atoms with Crippen LogP contribution >= 0.6 is 11.6 Å². The van der Waals surface area contributed by atoms with Crippen molar-refractivity contribution in [3.8, 4) is 0 Å². The van der Waals surface area contributed by atoms with E-state index in [2.05, 4.69) is 4.98 Å². The highest BCUT2D eigenvalue weighted by Gasteiger charge is 2.07. The highest BCUT2D eigenvalue weighted by atomic mass is 35.5. The van der Waals surface area contributed by atoms with Crippen molar-refractivity contribution in [1.82, 2.24) is 4.98 Å². The summed E-state index contributed by atoms with van der Waals surface area (Å²) in [5, 5.41) is 0.640. The molecule has 0 saturated carbocycles. The third-order valence-electron chi connectivity index (χ3n) is 2.38. The number of pyridine rings is 1. The third-order valence-corrected chi connectivity index (χ3v) is 2.62. The summed E-state index contributed by atoms with van der Waals surface area (Å²) < 4.78 is 0. The molecule has 2 aromatic rings. The van der Waals surface area contributed by atoms with Crippen LogP contribution in [0.5, 0.6) is 0 Å². The largest absolute Gasteiger partial charge is 0.397 e. The molecule has 0 bridgehead atoms. The molecule has 0 atom stereocenters. The molecule has 82 valence electrons. The van der Waals surface area contributed by atoms with Crippen molar-refractivity contribution >= 4 is 28.7 Å². The molecule has 0 radical (unpaired) electrons. The zero-order chi connectivity index (χ0) is 11.5. The fraction of sp³-hybridized carbons (Fsp3) is 0.0833. The topological polar surface area (TPSA) is 42.2 Å². The SMILES string of the molecule is CN(c1cccnc1)c1ccc(Cl)cc1N. The van der Waals surface area contributed by atoms with Crippen molar-refractivity contribution < 1.29 is 0 Å². The molecule has 3 nitrogen and oxygen atoms in total. The maximum atomic E-state index is 5.91. The minimum absolute atomic E-state index is 0.640. The van der Waals surface area contributed by atoms with Gasteiger partial charge in [-0.25, -0.2) is 0 Å². The molecule has 2 rings (SSSR count). The monoisotopic (exact) mass is 233 g/mol. The number of nitrogens with zero attached hydrogens (tertiary/aromatic N) is 2. The van der Waals surface area contributed by atoms with Gasteiger partial charge in [0.15, 0.2) is 0 Å². The van der Waals surface area contributed by atoms with Crippen molar-refractivity contribution in [2.24, 2.45) is 0 Å². The van der Waals surface area contributed by atoms with Crippen LogP contribution in [0.4, 0.5) is 17.1 Å². The smallest absolute Gasteiger partial charge is 0.0643 e. The number of hydrogen-bond acceptors (Lipinski definition) is 3. The van der Waals surface area contributed by atoms with E-state index in [1.165, 1.54) is 0 Å². The van der Waals surface area contributed by atoms with Crippen LogP contribution in [0.25, 0.3) is 0 Å². The Balaban J connectivity index is 2.38. The maximum absolute atomic E-state index is 5.91. The normalized spacial score (nSPS) is 10.1. The van der Waals surface area contributed by atoms with Crippen LogP contribution in [-0.2, 0) is 0 Å². The van der Waals surface area contributed by atoms with Crippen LogP contribution in [0.1, 0.15) is 0 Å². The summed E-state index contributed by atoms with van der Waals surface area (Å²) >= 11 is 5.86. The van der Waals surface area contributed by atoms with Crippen molar-refractivity contribution in [1.29, 1.82) is 0 Å². The first-order chi connectivity index (χ1) is 7.68. The van der Waals surface area contributed by atoms with Gasteiger partial charge in [-0.1, -0.05) is 11.6 Å². The molecule has 0 amide bonds. The summed E-state index contributed by atoms with van der Waals surface area (Å²) in [5.74, 6) is 0. The van der Waals surface area contributed by atoms with Gasteiger partial charge in [-0.3, -0.25) is 4.98 Å². The van der Waals surface area contributed by atoms with Gasteiger partial charge in [-0.05, 0) is 30.3 Å². The summed E-state index contributed by atoms with van der Waals surface area (Å²) in [6.07, 6.45) is 3.52. The van der Waals surface area contributed by atoms with E-state index >= 15 is 0 Å². The Morgan fingerprint density at radius 1 is 1.31 bits per heavy atom. The summed E-state index contributed by atoms with van der Waals surface area (Å²) in [6.45, 7) is 0. The summed E-state index contributed by atoms with van der Waals surface area (Å²) in [7, 11) is 1.94. The predicted molar refractivity (Wildman–Crippen MR) is 68.2 cm³/mol. The molecule has 16 heavy (non-hydrogen) atoms. The number of anilines is 3. The summed E-state index contributed by atoms with van der Waals surface area (Å²) in [5.41, 5.74) is 8.46. The molecule has 2 N–H and O–H groups in total. The molecule has 0 unspecified atom stereocenters. The zero-order valence-corrected chi connectivity index (χ0v) is 9.65. The molecule has 1 aromatic carbocycles. The molecule has 0 saturated heterocycles. The van der Waals surface area contributed by atoms with Gasteiger partial charge < -0.3 is 10.6 Å². The van der Waals surface area contributed by atoms with Crippen molar-refractivity contribution in [2.45, 2.75) is 0 Å². The first-order valence-corrected chi connectivity index (χ1v) is 5.25. The fourth-order valence-electron chi connectivity index (χ4n) is 1.52. The van der Waals surface area contributed by atoms with E-state index in [0.717, 1.165) is 11.4 Å². The van der Waals surface area contributed by atoms with Gasteiger partial charge in [0.1, 0.15) is 0 Å². The van der Waals surface area contributed by atoms with E-state index in [1.807, 2.05) is 36.2 Å². The molecular formula is C12H12ClN3. The molecule has 0 aliphatic heterocycles. The molecular weight excluding hydrogens is 222 g/mol. The van der Waals surface area contributed by atoms with Gasteiger partial charge in [-0.2, -0.15) is 0 Å². The predicted octanol–water partition coefficient (Wildman–Crippen LogP) is 3.09. The molecule has 0 fully saturated rings. The Bertz CT molecular complexity index is 485. The average molecular weight is 234 g/mol. The number of halogens is 1. The van der Waals surface area contributed by atoms with Crippen molar-refractivity contribution in [2.75, 3.05) is 17.7 Å². The van der Waals surface area contributed by atoms with E-state index in [1.54, 1.807) is 18.5 Å². The molecule has 0 aliphatic carbocycles. The Morgan fingerprint density at radius 2 is 2.12 bits per heavy atom. The number of rotatable bonds is 2. The summed E-state index contributed by atoms with van der Waals surface area (Å²) in [6, 6.07) is 9.31.